The molecule has 0 aliphatic carbocycles. The van der Waals surface area contributed by atoms with Gasteiger partial charge in [-0.15, -0.1) is 13.2 Å². The van der Waals surface area contributed by atoms with Crippen molar-refractivity contribution in [2.45, 2.75) is 38.7 Å². The van der Waals surface area contributed by atoms with Crippen molar-refractivity contribution in [1.29, 1.82) is 0 Å². The number of rotatable bonds is 8. The second kappa shape index (κ2) is 12.5. The highest BCUT2D eigenvalue weighted by Crippen LogP contribution is 2.35. The number of fused-ring (bicyclic) bond motifs is 3. The molecule has 14 heteroatoms. The molecule has 1 N–H and O–H groups in total. The van der Waals surface area contributed by atoms with Crippen molar-refractivity contribution in [1.82, 2.24) is 19.4 Å². The number of hydrogen-bond donors (Lipinski definition) is 1. The molecule has 2 aromatic carbocycles. The fraction of sp³-hybridized carbons (Fsp3) is 0.355. The van der Waals surface area contributed by atoms with Gasteiger partial charge >= 0.3 is 12.3 Å². The van der Waals surface area contributed by atoms with E-state index in [1.165, 1.54) is 36.8 Å². The van der Waals surface area contributed by atoms with Crippen LogP contribution in [0, 0.1) is 0 Å². The molecule has 0 spiro atoms. The zero-order valence-corrected chi connectivity index (χ0v) is 24.8. The number of benzene rings is 2. The third kappa shape index (κ3) is 6.59. The summed E-state index contributed by atoms with van der Waals surface area (Å²) in [7, 11) is 3.01. The van der Waals surface area contributed by atoms with E-state index >= 15 is 0 Å². The molecule has 0 radical (unpaired) electrons. The monoisotopic (exact) mass is 628 g/mol. The number of esters is 1. The first-order valence-electron chi connectivity index (χ1n) is 14.1. The Morgan fingerprint density at radius 3 is 2.42 bits per heavy atom. The molecule has 1 aliphatic rings. The van der Waals surface area contributed by atoms with Crippen molar-refractivity contribution >= 4 is 39.6 Å². The van der Waals surface area contributed by atoms with Gasteiger partial charge in [-0.25, -0.2) is 0 Å². The van der Waals surface area contributed by atoms with E-state index in [-0.39, 0.29) is 41.9 Å². The summed E-state index contributed by atoms with van der Waals surface area (Å²) in [5, 5.41) is 3.77. The van der Waals surface area contributed by atoms with Crippen molar-refractivity contribution in [2.24, 2.45) is 7.05 Å². The van der Waals surface area contributed by atoms with Gasteiger partial charge in [0.25, 0.3) is 17.4 Å². The smallest absolute Gasteiger partial charge is 0.493 e. The van der Waals surface area contributed by atoms with Crippen molar-refractivity contribution in [3.05, 3.63) is 70.1 Å². The van der Waals surface area contributed by atoms with E-state index < -0.39 is 29.5 Å². The number of piperidine rings is 1. The van der Waals surface area contributed by atoms with Gasteiger partial charge in [-0.3, -0.25) is 19.2 Å². The second-order valence-corrected chi connectivity index (χ2v) is 10.7. The highest BCUT2D eigenvalue weighted by atomic mass is 19.4. The molecule has 11 nitrogen and oxygen atoms in total. The van der Waals surface area contributed by atoms with Crippen molar-refractivity contribution in [2.75, 3.05) is 26.8 Å². The molecule has 0 atom stereocenters. The molecule has 2 amide bonds. The van der Waals surface area contributed by atoms with Gasteiger partial charge in [-0.1, -0.05) is 30.3 Å². The third-order valence-corrected chi connectivity index (χ3v) is 7.73. The molecule has 1 aliphatic heterocycles. The maximum absolute atomic E-state index is 14.1. The first-order chi connectivity index (χ1) is 21.4. The van der Waals surface area contributed by atoms with Crippen molar-refractivity contribution in [3.63, 3.8) is 0 Å². The van der Waals surface area contributed by atoms with Crippen molar-refractivity contribution in [3.8, 4) is 11.5 Å². The van der Waals surface area contributed by atoms with E-state index in [9.17, 15) is 32.3 Å². The number of nitrogens with zero attached hydrogens (tertiary/aromatic N) is 3. The van der Waals surface area contributed by atoms with Crippen LogP contribution in [0.25, 0.3) is 21.8 Å². The number of halogens is 3. The Labute approximate surface area is 255 Å². The van der Waals surface area contributed by atoms with Gasteiger partial charge in [0.1, 0.15) is 11.1 Å². The lowest BCUT2D eigenvalue weighted by Crippen LogP contribution is -2.47. The first-order valence-corrected chi connectivity index (χ1v) is 14.1. The minimum absolute atomic E-state index is 0.0673. The summed E-state index contributed by atoms with van der Waals surface area (Å²) in [6.07, 6.45) is -3.93. The molecule has 0 unspecified atom stereocenters. The van der Waals surface area contributed by atoms with Gasteiger partial charge in [-0.05, 0) is 36.6 Å². The Balaban J connectivity index is 1.47. The lowest BCUT2D eigenvalue weighted by molar-refractivity contribution is -0.274. The van der Waals surface area contributed by atoms with Gasteiger partial charge in [0, 0.05) is 38.5 Å². The fourth-order valence-corrected chi connectivity index (χ4v) is 5.74. The number of carbonyl (C=O) groups is 3. The topological polar surface area (TPSA) is 121 Å². The van der Waals surface area contributed by atoms with E-state index in [0.717, 1.165) is 0 Å². The van der Waals surface area contributed by atoms with Crippen LogP contribution in [0.1, 0.15) is 35.8 Å². The Kier molecular flexibility index (Phi) is 8.75. The van der Waals surface area contributed by atoms with Crippen LogP contribution in [-0.4, -0.2) is 71.0 Å². The van der Waals surface area contributed by atoms with Gasteiger partial charge in [-0.2, -0.15) is 0 Å². The van der Waals surface area contributed by atoms with Crippen LogP contribution in [0.15, 0.2) is 53.3 Å². The number of hydrogen-bond acceptors (Lipinski definition) is 7. The Morgan fingerprint density at radius 1 is 1.04 bits per heavy atom. The molecular weight excluding hydrogens is 597 g/mol. The summed E-state index contributed by atoms with van der Waals surface area (Å²) >= 11 is 0. The van der Waals surface area contributed by atoms with Crippen LogP contribution < -0.4 is 20.3 Å². The number of methoxy groups -OCH3 is 1. The lowest BCUT2D eigenvalue weighted by Gasteiger charge is -2.32. The maximum Gasteiger partial charge on any atom is 0.573 e. The Hall–Kier alpha value is -5.01. The summed E-state index contributed by atoms with van der Waals surface area (Å²) in [5.41, 5.74) is 1.01. The minimum atomic E-state index is -4.87. The molecule has 1 saturated heterocycles. The largest absolute Gasteiger partial charge is 0.573 e. The predicted molar refractivity (Wildman–Crippen MR) is 157 cm³/mol. The van der Waals surface area contributed by atoms with E-state index in [1.54, 1.807) is 46.8 Å². The van der Waals surface area contributed by atoms with Crippen LogP contribution in [0.4, 0.5) is 13.2 Å². The molecule has 4 aromatic rings. The van der Waals surface area contributed by atoms with E-state index in [4.69, 9.17) is 9.47 Å². The SMILES string of the molecule is COc1c(C(=O)NC2CCN(C(=O)COC(C)=O)CC2)n(C)c2c1c(=O)n(Cc1cccc(OC(F)(F)F)c1)c1ccccc21. The predicted octanol–water partition coefficient (Wildman–Crippen LogP) is 3.73. The van der Waals surface area contributed by atoms with Gasteiger partial charge < -0.3 is 33.6 Å². The minimum Gasteiger partial charge on any atom is -0.493 e. The highest BCUT2D eigenvalue weighted by molar-refractivity contribution is 6.12. The van der Waals surface area contributed by atoms with E-state index in [1.807, 2.05) is 0 Å². The number of carbonyl (C=O) groups excluding carboxylic acids is 3. The standard InChI is InChI=1S/C31H31F3N4O7/c1-18(39)44-17-24(40)37-13-11-20(12-14-37)35-29(41)27-28(43-3)25-26(36(27)2)22-9-4-5-10-23(22)38(30(25)42)16-19-7-6-8-21(15-19)45-31(32,33)34/h4-10,15,20H,11-14,16-17H2,1-3H3,(H,35,41). The number of aryl methyl sites for hydroxylation is 1. The number of aromatic nitrogens is 2. The Bertz CT molecular complexity index is 1840. The summed E-state index contributed by atoms with van der Waals surface area (Å²) < 4.78 is 56.0. The first kappa shape index (κ1) is 31.4. The van der Waals surface area contributed by atoms with E-state index in [2.05, 4.69) is 10.1 Å². The molecule has 5 rings (SSSR count). The van der Waals surface area contributed by atoms with Crippen LogP contribution in [0.2, 0.25) is 0 Å². The van der Waals surface area contributed by atoms with Gasteiger partial charge in [0.2, 0.25) is 0 Å². The Morgan fingerprint density at radius 2 is 1.76 bits per heavy atom. The zero-order chi connectivity index (χ0) is 32.5. The average Bonchev–Trinajstić information content (AvgIpc) is 3.30. The molecule has 238 valence electrons. The molecule has 45 heavy (non-hydrogen) atoms. The van der Waals surface area contributed by atoms with Gasteiger partial charge in [0.15, 0.2) is 18.1 Å². The summed E-state index contributed by atoms with van der Waals surface area (Å²) in [5.74, 6) is -1.67. The summed E-state index contributed by atoms with van der Waals surface area (Å²) in [6, 6.07) is 12.2. The molecule has 1 fully saturated rings. The highest BCUT2D eigenvalue weighted by Gasteiger charge is 2.32. The van der Waals surface area contributed by atoms with E-state index in [0.29, 0.717) is 47.9 Å². The van der Waals surface area contributed by atoms with Gasteiger partial charge in [0.05, 0.1) is 24.7 Å². The number of alkyl halides is 3. The quantitative estimate of drug-likeness (QED) is 0.295. The molecule has 2 aromatic heterocycles. The average molecular weight is 629 g/mol. The van der Waals surface area contributed by atoms with Crippen molar-refractivity contribution < 1.29 is 41.8 Å². The third-order valence-electron chi connectivity index (χ3n) is 7.73. The summed E-state index contributed by atoms with van der Waals surface area (Å²) in [6.45, 7) is 1.55. The molecule has 0 bridgehead atoms. The number of nitrogens with one attached hydrogen (secondary N) is 1. The number of amides is 2. The van der Waals surface area contributed by atoms with Crippen LogP contribution in [0.5, 0.6) is 11.5 Å². The molecule has 3 heterocycles. The molecule has 0 saturated carbocycles. The number of pyridine rings is 1. The van der Waals surface area contributed by atoms with Crippen LogP contribution in [0.3, 0.4) is 0 Å². The zero-order valence-electron chi connectivity index (χ0n) is 24.8. The van der Waals surface area contributed by atoms with Crippen LogP contribution in [-0.2, 0) is 27.9 Å². The second-order valence-electron chi connectivity index (χ2n) is 10.7. The normalized spacial score (nSPS) is 14.0. The fourth-order valence-electron chi connectivity index (χ4n) is 5.74. The lowest BCUT2D eigenvalue weighted by atomic mass is 10.0. The number of ether oxygens (including phenoxy) is 3. The number of para-hydroxylation sites is 1. The maximum atomic E-state index is 14.1. The molecular formula is C31H31F3N4O7. The summed E-state index contributed by atoms with van der Waals surface area (Å²) in [4.78, 5) is 52.6. The number of likely N-dealkylation sites (tertiary alicyclic amines) is 1. The van der Waals surface area contributed by atoms with Crippen LogP contribution >= 0.6 is 0 Å².